The van der Waals surface area contributed by atoms with Crippen LogP contribution in [0.3, 0.4) is 0 Å². The van der Waals surface area contributed by atoms with Crippen molar-refractivity contribution in [2.45, 2.75) is 161 Å². The van der Waals surface area contributed by atoms with E-state index in [2.05, 4.69) is 15.2 Å². The van der Waals surface area contributed by atoms with Gasteiger partial charge in [0, 0.05) is 62.6 Å². The largest absolute Gasteiger partial charge is 0.455 e. The highest BCUT2D eigenvalue weighted by atomic mass is 19.1. The summed E-state index contributed by atoms with van der Waals surface area (Å²) in [5.41, 5.74) is 2.35. The van der Waals surface area contributed by atoms with Crippen LogP contribution in [-0.4, -0.2) is 160 Å². The number of aromatic nitrogens is 3. The molecule has 2 aliphatic heterocycles. The van der Waals surface area contributed by atoms with Crippen molar-refractivity contribution in [3.05, 3.63) is 30.5 Å². The number of benzene rings is 1. The Kier molecular flexibility index (Phi) is 17.5. The van der Waals surface area contributed by atoms with Crippen LogP contribution in [0.15, 0.2) is 30.5 Å². The molecule has 0 radical (unpaired) electrons. The van der Waals surface area contributed by atoms with Gasteiger partial charge >= 0.3 is 12.1 Å². The molecule has 3 heterocycles. The topological polar surface area (TPSA) is 184 Å². The third-order valence-electron chi connectivity index (χ3n) is 13.1. The van der Waals surface area contributed by atoms with Gasteiger partial charge in [-0.2, -0.15) is 0 Å². The predicted molar refractivity (Wildman–Crippen MR) is 234 cm³/mol. The average Bonchev–Trinajstić information content (AvgIpc) is 3.79. The fourth-order valence-electron chi connectivity index (χ4n) is 9.64. The molecular formula is C45H74FN7O9. The SMILES string of the molecule is CCO[C@@H](O[C@@H]1[C@@H](C)C(=O)[C@](C)(F)C(=O)O[C@H](CC)[C@@]2(C)OC(=O)N(CCCCn3cc(-c4cccc(N)c4)nn3)[C@@H]2[C@@H](C)N(C)C[C@H](C)C[C@@]1(C)OC)C(O)C(CC)N(C)C. The highest BCUT2D eigenvalue weighted by Gasteiger charge is 2.60. The van der Waals surface area contributed by atoms with Crippen molar-refractivity contribution >= 4 is 23.5 Å². The number of amides is 1. The van der Waals surface area contributed by atoms with E-state index in [4.69, 9.17) is 29.4 Å². The van der Waals surface area contributed by atoms with E-state index in [-0.39, 0.29) is 31.0 Å². The van der Waals surface area contributed by atoms with E-state index in [9.17, 15) is 19.5 Å². The van der Waals surface area contributed by atoms with Crippen molar-refractivity contribution in [1.29, 1.82) is 0 Å². The maximum atomic E-state index is 17.1. The zero-order valence-corrected chi connectivity index (χ0v) is 39.3. The molecular weight excluding hydrogens is 802 g/mol. The van der Waals surface area contributed by atoms with Crippen molar-refractivity contribution in [1.82, 2.24) is 29.7 Å². The number of cyclic esters (lactones) is 1. The summed E-state index contributed by atoms with van der Waals surface area (Å²) >= 11 is 0. The van der Waals surface area contributed by atoms with Crippen LogP contribution in [-0.2, 0) is 39.8 Å². The molecule has 0 spiro atoms. The summed E-state index contributed by atoms with van der Waals surface area (Å²) in [6, 6.07) is 6.07. The molecule has 1 aromatic carbocycles. The molecule has 0 saturated carbocycles. The number of methoxy groups -OCH3 is 1. The second-order valence-corrected chi connectivity index (χ2v) is 18.2. The second-order valence-electron chi connectivity index (χ2n) is 18.2. The van der Waals surface area contributed by atoms with Crippen LogP contribution >= 0.6 is 0 Å². The lowest BCUT2D eigenvalue weighted by molar-refractivity contribution is -0.266. The molecule has 62 heavy (non-hydrogen) atoms. The molecule has 1 amide bonds. The number of nitrogen functional groups attached to an aromatic ring is 1. The van der Waals surface area contributed by atoms with Crippen LogP contribution in [0.4, 0.5) is 14.9 Å². The third kappa shape index (κ3) is 11.1. The fourth-order valence-corrected chi connectivity index (χ4v) is 9.64. The molecule has 12 atom stereocenters. The number of nitrogens with zero attached hydrogens (tertiary/aromatic N) is 6. The van der Waals surface area contributed by atoms with Gasteiger partial charge in [-0.1, -0.05) is 45.0 Å². The van der Waals surface area contributed by atoms with Gasteiger partial charge in [0.25, 0.3) is 5.67 Å². The van der Waals surface area contributed by atoms with Gasteiger partial charge in [-0.3, -0.25) is 14.4 Å². The lowest BCUT2D eigenvalue weighted by Gasteiger charge is -2.45. The minimum Gasteiger partial charge on any atom is -0.455 e. The van der Waals surface area contributed by atoms with Gasteiger partial charge in [-0.05, 0) is 106 Å². The number of esters is 1. The van der Waals surface area contributed by atoms with Gasteiger partial charge in [0.15, 0.2) is 17.7 Å². The molecule has 3 N–H and O–H groups in total. The lowest BCUT2D eigenvalue weighted by Crippen LogP contribution is -2.61. The van der Waals surface area contributed by atoms with Crippen molar-refractivity contribution in [3.63, 3.8) is 0 Å². The van der Waals surface area contributed by atoms with Crippen LogP contribution in [0.2, 0.25) is 0 Å². The Hall–Kier alpha value is -3.74. The van der Waals surface area contributed by atoms with Crippen LogP contribution in [0, 0.1) is 11.8 Å². The van der Waals surface area contributed by atoms with Crippen LogP contribution in [0.1, 0.15) is 94.4 Å². The van der Waals surface area contributed by atoms with Gasteiger partial charge in [-0.25, -0.2) is 14.0 Å². The molecule has 2 saturated heterocycles. The smallest absolute Gasteiger partial charge is 0.410 e. The molecule has 2 unspecified atom stereocenters. The van der Waals surface area contributed by atoms with Gasteiger partial charge < -0.3 is 44.3 Å². The van der Waals surface area contributed by atoms with Crippen molar-refractivity contribution in [3.8, 4) is 11.3 Å². The van der Waals surface area contributed by atoms with Crippen molar-refractivity contribution < 1.29 is 47.6 Å². The van der Waals surface area contributed by atoms with E-state index in [1.807, 2.05) is 77.3 Å². The number of likely N-dealkylation sites (N-methyl/N-ethyl adjacent to an activating group) is 2. The zero-order chi connectivity index (χ0) is 46.3. The number of anilines is 1. The molecule has 0 bridgehead atoms. The van der Waals surface area contributed by atoms with Crippen LogP contribution < -0.4 is 5.73 Å². The first kappa shape index (κ1) is 50.9. The standard InChI is InChI=1S/C45H74FN7O9/c1-14-34(50(10)11)36(54)40(59-16-3)61-39-29(5)38(55)44(8,46)41(56)60-35(15-2)45(9)37(30(6)51(12)26-28(4)25-43(39,7)58-13)53(42(57)62-45)23-18-17-22-52-27-33(48-49-52)31-20-19-21-32(47)24-31/h19-21,24,27-30,34-37,39-40,54H,14-18,22-23,25-26,47H2,1-13H3/t28-,29+,30-,34?,35-,36?,37-,39-,40+,43-,44+,45-/m1/s1. The van der Waals surface area contributed by atoms with Gasteiger partial charge in [0.05, 0.1) is 23.9 Å². The Morgan fingerprint density at radius 2 is 1.76 bits per heavy atom. The minimum absolute atomic E-state index is 0.110. The van der Waals surface area contributed by atoms with Gasteiger partial charge in [0.2, 0.25) is 0 Å². The number of halogens is 1. The summed E-state index contributed by atoms with van der Waals surface area (Å²) < 4.78 is 49.8. The van der Waals surface area contributed by atoms with Crippen LogP contribution in [0.25, 0.3) is 11.3 Å². The first-order valence-corrected chi connectivity index (χ1v) is 22.2. The van der Waals surface area contributed by atoms with Gasteiger partial charge in [0.1, 0.15) is 17.9 Å². The number of carbonyl (C=O) groups is 3. The van der Waals surface area contributed by atoms with E-state index in [1.54, 1.807) is 37.3 Å². The molecule has 17 heteroatoms. The molecule has 16 nitrogen and oxygen atoms in total. The molecule has 2 aliphatic rings. The number of ether oxygens (including phenoxy) is 5. The van der Waals surface area contributed by atoms with Gasteiger partial charge in [-0.15, -0.1) is 5.10 Å². The normalized spacial score (nSPS) is 32.1. The number of hydrogen-bond acceptors (Lipinski definition) is 14. The number of aliphatic hydroxyl groups is 1. The first-order chi connectivity index (χ1) is 29.1. The molecule has 350 valence electrons. The first-order valence-electron chi connectivity index (χ1n) is 22.2. The summed E-state index contributed by atoms with van der Waals surface area (Å²) in [7, 11) is 7.15. The summed E-state index contributed by atoms with van der Waals surface area (Å²) in [6.45, 7) is 17.0. The predicted octanol–water partition coefficient (Wildman–Crippen LogP) is 5.36. The Morgan fingerprint density at radius 1 is 1.08 bits per heavy atom. The third-order valence-corrected chi connectivity index (χ3v) is 13.1. The van der Waals surface area contributed by atoms with Crippen LogP contribution in [0.5, 0.6) is 0 Å². The number of rotatable bonds is 16. The number of aryl methyl sites for hydroxylation is 1. The highest BCUT2D eigenvalue weighted by Crippen LogP contribution is 2.41. The molecule has 2 fully saturated rings. The summed E-state index contributed by atoms with van der Waals surface area (Å²) in [6.07, 6.45) is -1.06. The molecule has 1 aromatic heterocycles. The Labute approximate surface area is 367 Å². The average molecular weight is 876 g/mol. The zero-order valence-electron chi connectivity index (χ0n) is 39.3. The van der Waals surface area contributed by atoms with E-state index < -0.39 is 71.3 Å². The highest BCUT2D eigenvalue weighted by molar-refractivity contribution is 6.07. The molecule has 2 aromatic rings. The lowest BCUT2D eigenvalue weighted by atomic mass is 9.78. The number of fused-ring (bicyclic) bond motifs is 1. The fraction of sp³-hybridized carbons (Fsp3) is 0.756. The summed E-state index contributed by atoms with van der Waals surface area (Å²) in [4.78, 5) is 48.1. The van der Waals surface area contributed by atoms with Crippen molar-refractivity contribution in [2.75, 3.05) is 53.7 Å². The number of nitrogens with two attached hydrogens (primary N) is 1. The van der Waals surface area contributed by atoms with Crippen molar-refractivity contribution in [2.24, 2.45) is 11.8 Å². The summed E-state index contributed by atoms with van der Waals surface area (Å²) in [5.74, 6) is -3.87. The molecule has 4 rings (SSSR count). The maximum Gasteiger partial charge on any atom is 0.410 e. The quantitative estimate of drug-likeness (QED) is 0.0723. The van der Waals surface area contributed by atoms with E-state index in [1.165, 1.54) is 14.0 Å². The number of unbranched alkanes of at least 4 members (excludes halogenated alkanes) is 1. The monoisotopic (exact) mass is 876 g/mol. The second kappa shape index (κ2) is 21.3. The Balaban J connectivity index is 1.67. The minimum atomic E-state index is -3.14. The Bertz CT molecular complexity index is 1800. The number of aliphatic hydroxyl groups excluding tert-OH is 1. The Morgan fingerprint density at radius 3 is 2.35 bits per heavy atom. The number of Topliss-reactive ketones (excluding diaryl/α,β-unsaturated/α-hetero) is 1. The number of alkyl halides is 1. The maximum absolute atomic E-state index is 17.1. The van der Waals surface area contributed by atoms with E-state index >= 15 is 4.39 Å². The number of hydrogen-bond donors (Lipinski definition) is 2. The number of ketones is 1. The summed E-state index contributed by atoms with van der Waals surface area (Å²) in [5, 5.41) is 20.2. The molecule has 0 aliphatic carbocycles. The van der Waals surface area contributed by atoms with E-state index in [0.717, 1.165) is 12.5 Å². The number of carbonyl (C=O) groups excluding carboxylic acids is 3. The van der Waals surface area contributed by atoms with E-state index in [0.29, 0.717) is 56.7 Å².